The zero-order valence-corrected chi connectivity index (χ0v) is 14.5. The van der Waals surface area contributed by atoms with Crippen LogP contribution in [-0.2, 0) is 69.2 Å². The van der Waals surface area contributed by atoms with Crippen molar-refractivity contribution in [2.24, 2.45) is 0 Å². The average Bonchev–Trinajstić information content (AvgIpc) is 3.17. The summed E-state index contributed by atoms with van der Waals surface area (Å²) in [5, 5.41) is 32.7. The minimum Gasteiger partial charge on any atom is -0.356 e. The molecule has 21 heteroatoms. The molecule has 27 heavy (non-hydrogen) atoms. The Hall–Kier alpha value is 0.0900. The SMILES string of the molecule is O=P12OOC3(O1)OP1(=O)O[C@@]34O[C@]3(OO2)OP2(=O)O[C@@](O)([C@@]3(O)O2)[C@]4(O)O1. The van der Waals surface area contributed by atoms with Gasteiger partial charge in [0.2, 0.25) is 0 Å². The van der Waals surface area contributed by atoms with Gasteiger partial charge in [-0.25, -0.2) is 45.4 Å². The van der Waals surface area contributed by atoms with E-state index in [0.29, 0.717) is 0 Å². The molecular formula is C6H3O18P3. The van der Waals surface area contributed by atoms with Gasteiger partial charge >= 0.3 is 58.6 Å². The third-order valence-corrected chi connectivity index (χ3v) is 8.46. The topological polar surface area (TPSA) is 223 Å². The molecule has 0 radical (unpaired) electrons. The third kappa shape index (κ3) is 1.32. The Kier molecular flexibility index (Phi) is 2.35. The van der Waals surface area contributed by atoms with Gasteiger partial charge in [0.05, 0.1) is 0 Å². The molecule has 7 aliphatic rings. The van der Waals surface area contributed by atoms with E-state index in [1.54, 1.807) is 0 Å². The van der Waals surface area contributed by atoms with Crippen molar-refractivity contribution in [3.8, 4) is 0 Å². The molecule has 0 aromatic heterocycles. The first-order valence-electron chi connectivity index (χ1n) is 6.69. The molecule has 0 aliphatic carbocycles. The maximum atomic E-state index is 12.6. The van der Waals surface area contributed by atoms with E-state index in [1.807, 2.05) is 0 Å². The van der Waals surface area contributed by atoms with Crippen LogP contribution in [0.1, 0.15) is 0 Å². The Labute approximate surface area is 144 Å². The number of phosphoric ester groups is 2. The third-order valence-electron chi connectivity index (χ3n) is 4.61. The molecule has 0 aromatic carbocycles. The van der Waals surface area contributed by atoms with Crippen LogP contribution < -0.4 is 0 Å². The zero-order chi connectivity index (χ0) is 19.0. The lowest BCUT2D eigenvalue weighted by atomic mass is 9.83. The summed E-state index contributed by atoms with van der Waals surface area (Å²) in [5.41, 5.74) is 0. The van der Waals surface area contributed by atoms with Crippen LogP contribution in [-0.4, -0.2) is 50.4 Å². The number of aliphatic hydroxyl groups is 3. The van der Waals surface area contributed by atoms with Gasteiger partial charge in [-0.3, -0.25) is 4.74 Å². The minimum absolute atomic E-state index is 3.15. The van der Waals surface area contributed by atoms with E-state index in [0.717, 1.165) is 0 Å². The first kappa shape index (κ1) is 16.8. The normalized spacial score (nSPS) is 75.2. The molecule has 7 aliphatic heterocycles. The summed E-state index contributed by atoms with van der Waals surface area (Å²) >= 11 is 0. The van der Waals surface area contributed by atoms with Gasteiger partial charge in [0.15, 0.2) is 0 Å². The van der Waals surface area contributed by atoms with Gasteiger partial charge < -0.3 is 15.3 Å². The molecule has 150 valence electrons. The Bertz CT molecular complexity index is 996. The lowest BCUT2D eigenvalue weighted by Gasteiger charge is -2.58. The number of hydrogen-bond donors (Lipinski definition) is 3. The number of hydrogen-bond acceptors (Lipinski definition) is 18. The van der Waals surface area contributed by atoms with Crippen LogP contribution in [0.5, 0.6) is 0 Å². The highest BCUT2D eigenvalue weighted by molar-refractivity contribution is 7.50. The Balaban J connectivity index is 1.61. The zero-order valence-electron chi connectivity index (χ0n) is 11.8. The molecule has 7 heterocycles. The van der Waals surface area contributed by atoms with Crippen molar-refractivity contribution in [1.82, 2.24) is 0 Å². The Morgan fingerprint density at radius 1 is 0.556 bits per heavy atom. The van der Waals surface area contributed by atoms with Crippen LogP contribution in [0.2, 0.25) is 0 Å². The first-order valence-corrected chi connectivity index (χ1v) is 11.1. The van der Waals surface area contributed by atoms with Crippen LogP contribution in [0.3, 0.4) is 0 Å². The van der Waals surface area contributed by atoms with Gasteiger partial charge in [-0.1, -0.05) is 0 Å². The van der Waals surface area contributed by atoms with Crippen LogP contribution in [0.15, 0.2) is 0 Å². The van der Waals surface area contributed by atoms with Crippen LogP contribution >= 0.6 is 23.5 Å². The van der Waals surface area contributed by atoms with E-state index in [1.165, 1.54) is 0 Å². The van der Waals surface area contributed by atoms with Crippen molar-refractivity contribution in [2.75, 3.05) is 0 Å². The highest BCUT2D eigenvalue weighted by atomic mass is 31.2. The molecule has 7 saturated heterocycles. The summed E-state index contributed by atoms with van der Waals surface area (Å²) < 4.78 is 84.5. The van der Waals surface area contributed by atoms with Gasteiger partial charge in [-0.15, -0.1) is 9.35 Å². The number of ether oxygens (including phenoxy) is 1. The monoisotopic (exact) mass is 456 g/mol. The maximum Gasteiger partial charge on any atom is 0.534 e. The van der Waals surface area contributed by atoms with Crippen molar-refractivity contribution >= 4 is 23.5 Å². The fourth-order valence-electron chi connectivity index (χ4n) is 3.58. The molecule has 0 aromatic rings. The second-order valence-electron chi connectivity index (χ2n) is 6.06. The molecule has 3 spiro atoms. The van der Waals surface area contributed by atoms with Crippen molar-refractivity contribution in [2.45, 2.75) is 35.1 Å². The standard InChI is InChI=1S/C6H3O18P3/c7-1-2(8)4-6(21-26(11,17-2)19-4)15-24-27(12,22-6)23-14-5(13-4)3(1,9)18-25(10,16-1)20-5/h7-9H/t1-,2+,3-,4-,5-,6?,25?,26?,27?/m1/s1. The van der Waals surface area contributed by atoms with Crippen LogP contribution in [0, 0.1) is 0 Å². The van der Waals surface area contributed by atoms with Gasteiger partial charge in [0.1, 0.15) is 0 Å². The second-order valence-corrected chi connectivity index (χ2v) is 10.3. The quantitative estimate of drug-likeness (QED) is 0.279. The predicted octanol–water partition coefficient (Wildman–Crippen LogP) is -1.50. The summed E-state index contributed by atoms with van der Waals surface area (Å²) in [5.74, 6) is -20.6. The molecule has 7 fully saturated rings. The van der Waals surface area contributed by atoms with E-state index in [4.69, 9.17) is 27.4 Å². The second kappa shape index (κ2) is 3.76. The van der Waals surface area contributed by atoms with E-state index < -0.39 is 58.6 Å². The maximum absolute atomic E-state index is 12.6. The fourth-order valence-corrected chi connectivity index (χ4v) is 8.06. The molecule has 7 bridgehead atoms. The highest BCUT2D eigenvalue weighted by Gasteiger charge is 3.08. The predicted molar refractivity (Wildman–Crippen MR) is 58.9 cm³/mol. The summed E-state index contributed by atoms with van der Waals surface area (Å²) in [6.45, 7) is 0. The molecule has 0 saturated carbocycles. The lowest BCUT2D eigenvalue weighted by Crippen LogP contribution is -2.90. The molecule has 0 amide bonds. The number of rotatable bonds is 0. The molecule has 7 rings (SSSR count). The van der Waals surface area contributed by atoms with Gasteiger partial charge in [-0.2, -0.15) is 9.78 Å². The highest BCUT2D eigenvalue weighted by Crippen LogP contribution is 2.90. The first-order chi connectivity index (χ1) is 12.3. The number of phosphoric acid groups is 3. The van der Waals surface area contributed by atoms with Gasteiger partial charge in [0, 0.05) is 0 Å². The summed E-state index contributed by atoms with van der Waals surface area (Å²) in [7, 11) is -14.8. The minimum atomic E-state index is -4.97. The number of fused-ring (bicyclic) bond motifs is 4. The van der Waals surface area contributed by atoms with E-state index in [-0.39, 0.29) is 0 Å². The van der Waals surface area contributed by atoms with Crippen molar-refractivity contribution in [3.63, 3.8) is 0 Å². The molecule has 3 N–H and O–H groups in total. The van der Waals surface area contributed by atoms with Crippen LogP contribution in [0.4, 0.5) is 0 Å². The Morgan fingerprint density at radius 2 is 1.07 bits per heavy atom. The smallest absolute Gasteiger partial charge is 0.356 e. The molecule has 4 unspecified atom stereocenters. The van der Waals surface area contributed by atoms with Crippen molar-refractivity contribution < 1.29 is 84.5 Å². The summed E-state index contributed by atoms with van der Waals surface area (Å²) in [6, 6.07) is 0. The largest absolute Gasteiger partial charge is 0.534 e. The van der Waals surface area contributed by atoms with Crippen molar-refractivity contribution in [3.05, 3.63) is 0 Å². The molecular weight excluding hydrogens is 453 g/mol. The van der Waals surface area contributed by atoms with Crippen molar-refractivity contribution in [1.29, 1.82) is 0 Å². The molecule has 9 atom stereocenters. The average molecular weight is 456 g/mol. The van der Waals surface area contributed by atoms with Crippen LogP contribution in [0.25, 0.3) is 0 Å². The summed E-state index contributed by atoms with van der Waals surface area (Å²) in [4.78, 5) is 9.15. The van der Waals surface area contributed by atoms with E-state index in [2.05, 4.69) is 28.2 Å². The summed E-state index contributed by atoms with van der Waals surface area (Å²) in [6.07, 6.45) is 0. The van der Waals surface area contributed by atoms with Gasteiger partial charge in [0.25, 0.3) is 0 Å². The van der Waals surface area contributed by atoms with E-state index in [9.17, 15) is 29.0 Å². The Morgan fingerprint density at radius 3 is 1.78 bits per heavy atom. The molecule has 18 nitrogen and oxygen atoms in total. The lowest BCUT2D eigenvalue weighted by molar-refractivity contribution is -0.662. The van der Waals surface area contributed by atoms with E-state index >= 15 is 0 Å². The van der Waals surface area contributed by atoms with Gasteiger partial charge in [-0.05, 0) is 0 Å². The fraction of sp³-hybridized carbons (Fsp3) is 1.00.